The summed E-state index contributed by atoms with van der Waals surface area (Å²) >= 11 is 0. The van der Waals surface area contributed by atoms with Crippen LogP contribution in [0.3, 0.4) is 0 Å². The lowest BCUT2D eigenvalue weighted by atomic mass is 9.76. The van der Waals surface area contributed by atoms with Crippen LogP contribution in [-0.2, 0) is 19.1 Å². The monoisotopic (exact) mass is 320 g/mol. The molecule has 1 heterocycles. The van der Waals surface area contributed by atoms with Crippen molar-refractivity contribution < 1.29 is 23.9 Å². The minimum Gasteiger partial charge on any atom is -0.453 e. The van der Waals surface area contributed by atoms with Gasteiger partial charge in [-0.15, -0.1) is 0 Å². The number of carbonyl (C=O) groups is 3. The molecule has 0 bridgehead atoms. The van der Waals surface area contributed by atoms with E-state index >= 15 is 0 Å². The fraction of sp³-hybridized carbons (Fsp3) is 0.538. The van der Waals surface area contributed by atoms with Crippen molar-refractivity contribution in [2.24, 2.45) is 17.0 Å². The van der Waals surface area contributed by atoms with Crippen molar-refractivity contribution in [1.29, 1.82) is 0 Å². The Labute approximate surface area is 131 Å². The number of nitrogens with one attached hydrogen (secondary N) is 1. The number of hydrogen-bond acceptors (Lipinski definition) is 5. The molecule has 1 amide bonds. The first kappa shape index (κ1) is 18.1. The van der Waals surface area contributed by atoms with Gasteiger partial charge in [0.05, 0.1) is 12.0 Å². The summed E-state index contributed by atoms with van der Waals surface area (Å²) in [5.41, 5.74) is 16.6. The number of β-lactam (4-membered cyclic amide) rings is 1. The fourth-order valence-corrected chi connectivity index (χ4v) is 2.30. The van der Waals surface area contributed by atoms with Gasteiger partial charge < -0.3 is 15.6 Å². The zero-order chi connectivity index (χ0) is 17.6. The van der Waals surface area contributed by atoms with Crippen LogP contribution in [0.2, 0.25) is 0 Å². The number of azide groups is 1. The van der Waals surface area contributed by atoms with E-state index < -0.39 is 41.4 Å². The van der Waals surface area contributed by atoms with Gasteiger partial charge in [-0.05, 0) is 5.53 Å². The van der Waals surface area contributed by atoms with Gasteiger partial charge in [-0.1, -0.05) is 31.6 Å². The second-order valence-electron chi connectivity index (χ2n) is 4.99. The molecule has 0 aromatic heterocycles. The Balaban J connectivity index is 2.89. The number of esters is 1. The third-order valence-corrected chi connectivity index (χ3v) is 3.56. The van der Waals surface area contributed by atoms with Gasteiger partial charge in [0.2, 0.25) is 5.91 Å². The van der Waals surface area contributed by atoms with Crippen molar-refractivity contribution in [1.82, 2.24) is 5.32 Å². The van der Waals surface area contributed by atoms with Gasteiger partial charge in [0.25, 0.3) is 5.78 Å². The Kier molecular flexibility index (Phi) is 6.20. The zero-order valence-corrected chi connectivity index (χ0v) is 12.7. The number of Topliss-reactive ketones (excluding diaryl/α,β-unsaturated/α-hetero) is 1. The second kappa shape index (κ2) is 7.88. The van der Waals surface area contributed by atoms with Crippen molar-refractivity contribution in [2.75, 3.05) is 6.61 Å². The molecule has 23 heavy (non-hydrogen) atoms. The molecule has 122 valence electrons. The van der Waals surface area contributed by atoms with E-state index in [1.54, 1.807) is 6.92 Å². The fourth-order valence-electron chi connectivity index (χ4n) is 2.30. The minimum atomic E-state index is -1.09. The highest BCUT2D eigenvalue weighted by atomic mass is 16.5. The molecule has 0 saturated carbocycles. The molecule has 1 N–H and O–H groups in total. The summed E-state index contributed by atoms with van der Waals surface area (Å²) in [6.45, 7) is 6.22. The standard InChI is InChI=1S/C13H16N6O4/c1-4-5-23-13(22)10(17-14)11(20)6(2)9-8(12(21)16-9)7(3)18-19-15/h4,6-9H,1,5H2,2-3H3,(H,16,21)/t6-,7+,8-,9-/m1/s1. The molecule has 1 aliphatic heterocycles. The summed E-state index contributed by atoms with van der Waals surface area (Å²) in [4.78, 5) is 40.9. The second-order valence-corrected chi connectivity index (χ2v) is 4.99. The van der Waals surface area contributed by atoms with Crippen LogP contribution < -0.4 is 5.32 Å². The van der Waals surface area contributed by atoms with Gasteiger partial charge in [0.15, 0.2) is 0 Å². The quantitative estimate of drug-likeness (QED) is 0.100. The number of rotatable bonds is 8. The molecule has 4 atom stereocenters. The number of carbonyl (C=O) groups excluding carboxylic acids is 3. The van der Waals surface area contributed by atoms with Crippen LogP contribution >= 0.6 is 0 Å². The van der Waals surface area contributed by atoms with Crippen LogP contribution in [0.25, 0.3) is 16.0 Å². The molecule has 10 nitrogen and oxygen atoms in total. The topological polar surface area (TPSA) is 158 Å². The van der Waals surface area contributed by atoms with Crippen molar-refractivity contribution in [3.63, 3.8) is 0 Å². The molecule has 0 aromatic carbocycles. The van der Waals surface area contributed by atoms with E-state index in [9.17, 15) is 14.4 Å². The maximum absolute atomic E-state index is 12.3. The third kappa shape index (κ3) is 3.82. The molecular weight excluding hydrogens is 304 g/mol. The lowest BCUT2D eigenvalue weighted by molar-refractivity contribution is -0.143. The van der Waals surface area contributed by atoms with E-state index in [0.717, 1.165) is 0 Å². The average molecular weight is 320 g/mol. The molecule has 0 aliphatic carbocycles. The Morgan fingerprint density at radius 1 is 1.48 bits per heavy atom. The normalized spacial score (nSPS) is 21.4. The van der Waals surface area contributed by atoms with E-state index in [1.165, 1.54) is 13.0 Å². The van der Waals surface area contributed by atoms with Crippen molar-refractivity contribution in [3.8, 4) is 0 Å². The lowest BCUT2D eigenvalue weighted by Gasteiger charge is -2.41. The summed E-state index contributed by atoms with van der Waals surface area (Å²) in [5.74, 6) is -3.80. The number of nitrogens with zero attached hydrogens (tertiary/aromatic N) is 5. The van der Waals surface area contributed by atoms with E-state index in [0.29, 0.717) is 0 Å². The number of ketones is 1. The Morgan fingerprint density at radius 2 is 2.13 bits per heavy atom. The Morgan fingerprint density at radius 3 is 2.61 bits per heavy atom. The summed E-state index contributed by atoms with van der Waals surface area (Å²) in [6, 6.07) is -1.30. The van der Waals surface area contributed by atoms with Gasteiger partial charge in [0, 0.05) is 16.9 Å². The first-order valence-corrected chi connectivity index (χ1v) is 6.77. The predicted octanol–water partition coefficient (Wildman–Crippen LogP) is 0.405. The largest absolute Gasteiger partial charge is 0.453 e. The summed E-state index contributed by atoms with van der Waals surface area (Å²) in [7, 11) is 0. The van der Waals surface area contributed by atoms with Crippen molar-refractivity contribution in [2.45, 2.75) is 25.9 Å². The third-order valence-electron chi connectivity index (χ3n) is 3.56. The molecule has 1 rings (SSSR count). The van der Waals surface area contributed by atoms with Gasteiger partial charge in [-0.3, -0.25) is 9.59 Å². The highest BCUT2D eigenvalue weighted by Crippen LogP contribution is 2.28. The maximum Gasteiger partial charge on any atom is 0.441 e. The summed E-state index contributed by atoms with van der Waals surface area (Å²) in [5, 5.41) is 5.98. The van der Waals surface area contributed by atoms with Crippen LogP contribution in [0.1, 0.15) is 13.8 Å². The first-order chi connectivity index (χ1) is 10.9. The smallest absolute Gasteiger partial charge is 0.441 e. The van der Waals surface area contributed by atoms with E-state index in [1.807, 2.05) is 0 Å². The minimum absolute atomic E-state index is 0.143. The number of hydrogen-bond donors (Lipinski definition) is 1. The summed E-state index contributed by atoms with van der Waals surface area (Å²) in [6.07, 6.45) is 1.30. The highest BCUT2D eigenvalue weighted by molar-refractivity contribution is 6.62. The van der Waals surface area contributed by atoms with E-state index in [-0.39, 0.29) is 12.5 Å². The van der Waals surface area contributed by atoms with Gasteiger partial charge in [-0.25, -0.2) is 4.79 Å². The van der Waals surface area contributed by atoms with Gasteiger partial charge in [0.1, 0.15) is 6.61 Å². The maximum atomic E-state index is 12.3. The predicted molar refractivity (Wildman–Crippen MR) is 78.0 cm³/mol. The molecular formula is C13H16N6O4. The van der Waals surface area contributed by atoms with E-state index in [2.05, 4.69) is 31.4 Å². The molecule has 1 saturated heterocycles. The first-order valence-electron chi connectivity index (χ1n) is 6.77. The molecule has 0 radical (unpaired) electrons. The number of amides is 1. The summed E-state index contributed by atoms with van der Waals surface area (Å²) < 4.78 is 4.66. The zero-order valence-electron chi connectivity index (χ0n) is 12.7. The molecule has 0 aromatic rings. The highest BCUT2D eigenvalue weighted by Gasteiger charge is 2.50. The molecule has 1 aliphatic rings. The number of ether oxygens (including phenoxy) is 1. The van der Waals surface area contributed by atoms with Crippen LogP contribution in [0.4, 0.5) is 0 Å². The van der Waals surface area contributed by atoms with Crippen LogP contribution in [0.5, 0.6) is 0 Å². The SMILES string of the molecule is C=CCOC(=O)C(=[N+]=[N-])C(=O)[C@H](C)[C@H]1NC(=O)[C@@H]1[C@H](C)N=[N+]=[N-]. The van der Waals surface area contributed by atoms with Gasteiger partial charge in [-0.2, -0.15) is 4.79 Å². The van der Waals surface area contributed by atoms with Gasteiger partial charge >= 0.3 is 11.7 Å². The van der Waals surface area contributed by atoms with E-state index in [4.69, 9.17) is 11.1 Å². The lowest BCUT2D eigenvalue weighted by Crippen LogP contribution is -2.65. The average Bonchev–Trinajstić information content (AvgIpc) is 2.50. The van der Waals surface area contributed by atoms with Crippen LogP contribution in [0, 0.1) is 11.8 Å². The molecule has 1 fully saturated rings. The van der Waals surface area contributed by atoms with Crippen LogP contribution in [0.15, 0.2) is 17.8 Å². The molecule has 10 heteroatoms. The Bertz CT molecular complexity index is 632. The molecule has 0 unspecified atom stereocenters. The Hall–Kier alpha value is -2.96. The van der Waals surface area contributed by atoms with Crippen molar-refractivity contribution in [3.05, 3.63) is 28.6 Å². The van der Waals surface area contributed by atoms with Crippen molar-refractivity contribution >= 4 is 23.4 Å². The van der Waals surface area contributed by atoms with Crippen LogP contribution in [-0.4, -0.2) is 46.9 Å². The molecule has 0 spiro atoms.